The molecule has 0 radical (unpaired) electrons. The molecule has 0 aromatic carbocycles. The van der Waals surface area contributed by atoms with E-state index in [1.807, 2.05) is 17.5 Å². The number of nitrogens with zero attached hydrogens (tertiary/aromatic N) is 1. The molecule has 2 rings (SSSR count). The molecule has 1 aromatic rings. The first-order valence-corrected chi connectivity index (χ1v) is 6.58. The second kappa shape index (κ2) is 5.79. The molecular weight excluding hydrogens is 250 g/mol. The van der Waals surface area contributed by atoms with Crippen molar-refractivity contribution in [3.63, 3.8) is 0 Å². The van der Waals surface area contributed by atoms with Gasteiger partial charge in [0, 0.05) is 30.6 Å². The predicted molar refractivity (Wildman–Crippen MR) is 70.9 cm³/mol. The number of nitrogens with one attached hydrogen (secondary N) is 1. The van der Waals surface area contributed by atoms with Crippen molar-refractivity contribution in [1.29, 1.82) is 0 Å². The predicted octanol–water partition coefficient (Wildman–Crippen LogP) is 0.0470. The van der Waals surface area contributed by atoms with Crippen molar-refractivity contribution in [2.24, 2.45) is 5.73 Å². The number of primary amides is 1. The monoisotopic (exact) mass is 265 g/mol. The lowest BCUT2D eigenvalue weighted by molar-refractivity contribution is -0.136. The molecule has 0 bridgehead atoms. The Morgan fingerprint density at radius 2 is 2.39 bits per heavy atom. The lowest BCUT2D eigenvalue weighted by atomic mass is 10.1. The average molecular weight is 265 g/mol. The lowest BCUT2D eigenvalue weighted by Crippen LogP contribution is -2.58. The number of nitrogens with two attached hydrogens (primary N) is 1. The lowest BCUT2D eigenvalue weighted by Gasteiger charge is -2.33. The first kappa shape index (κ1) is 12.8. The molecule has 1 saturated heterocycles. The molecule has 1 atom stereocenters. The minimum Gasteiger partial charge on any atom is -0.368 e. The van der Waals surface area contributed by atoms with E-state index in [0.717, 1.165) is 4.88 Å². The quantitative estimate of drug-likeness (QED) is 0.758. The van der Waals surface area contributed by atoms with Crippen molar-refractivity contribution < 1.29 is 9.59 Å². The Kier molecular flexibility index (Phi) is 4.11. The van der Waals surface area contributed by atoms with Gasteiger partial charge in [-0.05, 0) is 17.5 Å². The number of carbonyl (C=O) groups is 2. The fraction of sp³-hybridized carbons (Fsp3) is 0.333. The number of carbonyl (C=O) groups excluding carboxylic acids is 2. The Labute approximate surface area is 109 Å². The highest BCUT2D eigenvalue weighted by Crippen LogP contribution is 2.11. The Balaban J connectivity index is 2.04. The summed E-state index contributed by atoms with van der Waals surface area (Å²) in [6.45, 7) is 1.61. The van der Waals surface area contributed by atoms with E-state index in [0.29, 0.717) is 19.6 Å². The highest BCUT2D eigenvalue weighted by molar-refractivity contribution is 7.10. The maximum Gasteiger partial charge on any atom is 0.247 e. The summed E-state index contributed by atoms with van der Waals surface area (Å²) in [5, 5.41) is 5.00. The molecule has 6 heteroatoms. The zero-order valence-corrected chi connectivity index (χ0v) is 10.7. The summed E-state index contributed by atoms with van der Waals surface area (Å²) in [4.78, 5) is 25.8. The highest BCUT2D eigenvalue weighted by atomic mass is 32.1. The summed E-state index contributed by atoms with van der Waals surface area (Å²) >= 11 is 1.56. The van der Waals surface area contributed by atoms with Gasteiger partial charge in [0.25, 0.3) is 0 Å². The van der Waals surface area contributed by atoms with Crippen LogP contribution >= 0.6 is 11.3 Å². The number of rotatable bonds is 3. The van der Waals surface area contributed by atoms with Gasteiger partial charge in [0.15, 0.2) is 0 Å². The van der Waals surface area contributed by atoms with Crippen LogP contribution in [-0.2, 0) is 9.59 Å². The van der Waals surface area contributed by atoms with Gasteiger partial charge in [0.05, 0.1) is 0 Å². The zero-order valence-electron chi connectivity index (χ0n) is 9.83. The zero-order chi connectivity index (χ0) is 13.0. The van der Waals surface area contributed by atoms with Crippen LogP contribution in [0.5, 0.6) is 0 Å². The van der Waals surface area contributed by atoms with Crippen molar-refractivity contribution in [2.75, 3.05) is 19.6 Å². The van der Waals surface area contributed by atoms with Crippen LogP contribution in [0.3, 0.4) is 0 Å². The second-order valence-electron chi connectivity index (χ2n) is 4.00. The molecule has 0 saturated carbocycles. The van der Waals surface area contributed by atoms with E-state index in [9.17, 15) is 9.59 Å². The summed E-state index contributed by atoms with van der Waals surface area (Å²) in [5.41, 5.74) is 5.29. The van der Waals surface area contributed by atoms with Gasteiger partial charge in [-0.2, -0.15) is 0 Å². The van der Waals surface area contributed by atoms with Crippen LogP contribution in [-0.4, -0.2) is 42.4 Å². The molecule has 0 aliphatic carbocycles. The van der Waals surface area contributed by atoms with Crippen LogP contribution in [0.15, 0.2) is 23.6 Å². The molecule has 18 heavy (non-hydrogen) atoms. The van der Waals surface area contributed by atoms with Crippen molar-refractivity contribution in [3.8, 4) is 0 Å². The Morgan fingerprint density at radius 3 is 3.06 bits per heavy atom. The largest absolute Gasteiger partial charge is 0.368 e. The van der Waals surface area contributed by atoms with Gasteiger partial charge in [-0.25, -0.2) is 0 Å². The third-order valence-electron chi connectivity index (χ3n) is 2.79. The molecule has 1 aliphatic rings. The van der Waals surface area contributed by atoms with Gasteiger partial charge in [-0.3, -0.25) is 9.59 Å². The second-order valence-corrected chi connectivity index (χ2v) is 4.98. The number of hydrogen-bond donors (Lipinski definition) is 2. The number of piperazine rings is 1. The van der Waals surface area contributed by atoms with Crippen LogP contribution in [0.1, 0.15) is 4.88 Å². The van der Waals surface area contributed by atoms with Crippen LogP contribution in [0, 0.1) is 0 Å². The molecule has 2 heterocycles. The molecular formula is C12H15N3O2S. The summed E-state index contributed by atoms with van der Waals surface area (Å²) in [6.07, 6.45) is 3.25. The summed E-state index contributed by atoms with van der Waals surface area (Å²) in [6, 6.07) is 3.29. The van der Waals surface area contributed by atoms with E-state index in [1.54, 1.807) is 17.4 Å². The smallest absolute Gasteiger partial charge is 0.247 e. The topological polar surface area (TPSA) is 75.4 Å². The molecule has 1 fully saturated rings. The van der Waals surface area contributed by atoms with Gasteiger partial charge in [-0.15, -0.1) is 11.3 Å². The molecule has 1 aliphatic heterocycles. The Morgan fingerprint density at radius 1 is 1.56 bits per heavy atom. The fourth-order valence-corrected chi connectivity index (χ4v) is 2.48. The molecule has 1 aromatic heterocycles. The minimum atomic E-state index is -0.556. The first-order valence-electron chi connectivity index (χ1n) is 5.70. The highest BCUT2D eigenvalue weighted by Gasteiger charge is 2.29. The van der Waals surface area contributed by atoms with Crippen molar-refractivity contribution in [1.82, 2.24) is 10.2 Å². The fourth-order valence-electron chi connectivity index (χ4n) is 1.86. The van der Waals surface area contributed by atoms with Gasteiger partial charge >= 0.3 is 0 Å². The van der Waals surface area contributed by atoms with Gasteiger partial charge in [0.2, 0.25) is 11.8 Å². The van der Waals surface area contributed by atoms with E-state index in [-0.39, 0.29) is 5.91 Å². The summed E-state index contributed by atoms with van der Waals surface area (Å²) in [7, 11) is 0. The SMILES string of the molecule is NC(=O)C1CNCCN1C(=O)C=Cc1cccs1. The van der Waals surface area contributed by atoms with Gasteiger partial charge < -0.3 is 16.0 Å². The van der Waals surface area contributed by atoms with E-state index in [2.05, 4.69) is 5.32 Å². The van der Waals surface area contributed by atoms with E-state index >= 15 is 0 Å². The third-order valence-corrected chi connectivity index (χ3v) is 3.63. The van der Waals surface area contributed by atoms with Crippen LogP contribution in [0.4, 0.5) is 0 Å². The first-order chi connectivity index (χ1) is 8.68. The van der Waals surface area contributed by atoms with Crippen LogP contribution in [0.25, 0.3) is 6.08 Å². The summed E-state index contributed by atoms with van der Waals surface area (Å²) < 4.78 is 0. The van der Waals surface area contributed by atoms with Gasteiger partial charge in [0.1, 0.15) is 6.04 Å². The molecule has 1 unspecified atom stereocenters. The van der Waals surface area contributed by atoms with Crippen LogP contribution < -0.4 is 11.1 Å². The van der Waals surface area contributed by atoms with E-state index < -0.39 is 11.9 Å². The van der Waals surface area contributed by atoms with Crippen molar-refractivity contribution in [3.05, 3.63) is 28.5 Å². The molecule has 96 valence electrons. The maximum absolute atomic E-state index is 12.0. The Bertz CT molecular complexity index is 456. The number of amides is 2. The van der Waals surface area contributed by atoms with E-state index in [4.69, 9.17) is 5.73 Å². The average Bonchev–Trinajstić information content (AvgIpc) is 2.89. The minimum absolute atomic E-state index is 0.172. The molecule has 5 nitrogen and oxygen atoms in total. The maximum atomic E-state index is 12.0. The van der Waals surface area contributed by atoms with E-state index in [1.165, 1.54) is 11.0 Å². The van der Waals surface area contributed by atoms with Crippen molar-refractivity contribution in [2.45, 2.75) is 6.04 Å². The number of hydrogen-bond acceptors (Lipinski definition) is 4. The standard InChI is InChI=1S/C12H15N3O2S/c13-12(17)10-8-14-5-6-15(10)11(16)4-3-9-2-1-7-18-9/h1-4,7,10,14H,5-6,8H2,(H2,13,17). The molecule has 0 spiro atoms. The van der Waals surface area contributed by atoms with Gasteiger partial charge in [-0.1, -0.05) is 6.07 Å². The third kappa shape index (κ3) is 2.96. The summed E-state index contributed by atoms with van der Waals surface area (Å²) in [5.74, 6) is -0.645. The Hall–Kier alpha value is -1.66. The number of thiophene rings is 1. The van der Waals surface area contributed by atoms with Crippen LogP contribution in [0.2, 0.25) is 0 Å². The van der Waals surface area contributed by atoms with Crippen molar-refractivity contribution >= 4 is 29.2 Å². The molecule has 2 amide bonds. The molecule has 3 N–H and O–H groups in total. The normalized spacial score (nSPS) is 20.2.